The molecular weight excluding hydrogens is 580 g/mol. The molecule has 1 aliphatic carbocycles. The Kier molecular flexibility index (Phi) is 8.60. The van der Waals surface area contributed by atoms with Crippen LogP contribution in [0.1, 0.15) is 33.1 Å². The second kappa shape index (κ2) is 12.1. The average Bonchev–Trinajstić information content (AvgIpc) is 2.97. The van der Waals surface area contributed by atoms with Gasteiger partial charge in [-0.3, -0.25) is 4.79 Å². The molecule has 2 aliphatic rings. The molecule has 1 aliphatic heterocycles. The quantitative estimate of drug-likeness (QED) is 0.189. The SMILES string of the molecule is CC(C)(O)[C@H]1CC=C(C(=O)OC[C@H]2O[C@@H](Oc3c(-c4ccc(O)cc4)oc4cc(O)cc(O)c4c3=O)[C@@H](O)[C@H](O)[C@@H]2O)CC1. The predicted octanol–water partition coefficient (Wildman–Crippen LogP) is 1.80. The Morgan fingerprint density at radius 2 is 1.70 bits per heavy atom. The maximum absolute atomic E-state index is 13.6. The first-order chi connectivity index (χ1) is 20.7. The van der Waals surface area contributed by atoms with Gasteiger partial charge in [0.05, 0.1) is 5.60 Å². The number of esters is 1. The minimum Gasteiger partial charge on any atom is -0.508 e. The minimum absolute atomic E-state index is 0.0242. The Labute approximate surface area is 250 Å². The van der Waals surface area contributed by atoms with Crippen LogP contribution in [0.2, 0.25) is 0 Å². The zero-order valence-electron chi connectivity index (χ0n) is 23.9. The number of allylic oxidation sites excluding steroid dienone is 1. The predicted molar refractivity (Wildman–Crippen MR) is 153 cm³/mol. The molecule has 13 nitrogen and oxygen atoms in total. The second-order valence-electron chi connectivity index (χ2n) is 11.6. The van der Waals surface area contributed by atoms with E-state index in [2.05, 4.69) is 0 Å². The molecule has 7 N–H and O–H groups in total. The molecule has 0 spiro atoms. The van der Waals surface area contributed by atoms with E-state index >= 15 is 0 Å². The van der Waals surface area contributed by atoms with Gasteiger partial charge >= 0.3 is 5.97 Å². The molecule has 6 atom stereocenters. The molecule has 0 saturated carbocycles. The van der Waals surface area contributed by atoms with Gasteiger partial charge in [0.15, 0.2) is 5.76 Å². The molecule has 1 saturated heterocycles. The van der Waals surface area contributed by atoms with E-state index in [1.807, 2.05) is 0 Å². The highest BCUT2D eigenvalue weighted by Crippen LogP contribution is 2.38. The number of hydrogen-bond donors (Lipinski definition) is 7. The average molecular weight is 615 g/mol. The number of rotatable bonds is 7. The van der Waals surface area contributed by atoms with E-state index < -0.39 is 65.8 Å². The molecule has 0 radical (unpaired) electrons. The lowest BCUT2D eigenvalue weighted by atomic mass is 9.79. The van der Waals surface area contributed by atoms with Crippen LogP contribution in [0.4, 0.5) is 0 Å². The van der Waals surface area contributed by atoms with Crippen molar-refractivity contribution in [2.45, 2.75) is 69.4 Å². The Bertz CT molecular complexity index is 1620. The zero-order valence-corrected chi connectivity index (χ0v) is 23.9. The molecule has 0 amide bonds. The summed E-state index contributed by atoms with van der Waals surface area (Å²) in [6.45, 7) is 2.88. The van der Waals surface area contributed by atoms with E-state index in [0.29, 0.717) is 24.8 Å². The van der Waals surface area contributed by atoms with Crippen LogP contribution in [0.25, 0.3) is 22.3 Å². The number of carbonyl (C=O) groups is 1. The fourth-order valence-electron chi connectivity index (χ4n) is 5.36. The lowest BCUT2D eigenvalue weighted by molar-refractivity contribution is -0.278. The number of aromatic hydroxyl groups is 3. The number of fused-ring (bicyclic) bond motifs is 1. The summed E-state index contributed by atoms with van der Waals surface area (Å²) in [5.41, 5.74) is -1.40. The topological polar surface area (TPSA) is 217 Å². The third-order valence-electron chi connectivity index (χ3n) is 8.00. The second-order valence-corrected chi connectivity index (χ2v) is 11.6. The summed E-state index contributed by atoms with van der Waals surface area (Å²) < 4.78 is 22.6. The number of phenolic OH excluding ortho intramolecular Hbond substituents is 3. The van der Waals surface area contributed by atoms with Crippen LogP contribution in [0.15, 0.2) is 57.3 Å². The lowest BCUT2D eigenvalue weighted by Crippen LogP contribution is -2.60. The van der Waals surface area contributed by atoms with Crippen molar-refractivity contribution in [3.63, 3.8) is 0 Å². The van der Waals surface area contributed by atoms with Crippen molar-refractivity contribution in [2.24, 2.45) is 5.92 Å². The Morgan fingerprint density at radius 1 is 1.00 bits per heavy atom. The summed E-state index contributed by atoms with van der Waals surface area (Å²) in [5.74, 6) is -2.56. The van der Waals surface area contributed by atoms with Crippen LogP contribution in [0.5, 0.6) is 23.0 Å². The number of aliphatic hydroxyl groups is 4. The van der Waals surface area contributed by atoms with Crippen molar-refractivity contribution in [1.29, 1.82) is 0 Å². The molecule has 3 aromatic rings. The molecule has 13 heteroatoms. The molecule has 1 fully saturated rings. The number of aliphatic hydroxyl groups excluding tert-OH is 3. The standard InChI is InChI=1S/C31H34O13/c1-31(2,40)16-7-3-15(4-8-16)29(39)41-13-21-23(35)25(37)26(38)30(43-21)44-28-24(36)22-19(34)11-18(33)12-20(22)42-27(28)14-5-9-17(32)10-6-14/h3,5-6,9-12,16,21,23,25-26,30,32-35,37-38,40H,4,7-8,13H2,1-2H3/t16-,21+,23+,25+,26-,30-/m0/s1. The van der Waals surface area contributed by atoms with Crippen LogP contribution in [-0.2, 0) is 14.3 Å². The van der Waals surface area contributed by atoms with Gasteiger partial charge in [0.2, 0.25) is 17.5 Å². The number of carbonyl (C=O) groups excluding carboxylic acids is 1. The first kappa shape index (κ1) is 31.3. The van der Waals surface area contributed by atoms with Crippen molar-refractivity contribution >= 4 is 16.9 Å². The van der Waals surface area contributed by atoms with Crippen molar-refractivity contribution < 1.29 is 59.2 Å². The summed E-state index contributed by atoms with van der Waals surface area (Å²) in [5, 5.41) is 71.8. The fourth-order valence-corrected chi connectivity index (χ4v) is 5.36. The number of hydrogen-bond acceptors (Lipinski definition) is 13. The van der Waals surface area contributed by atoms with Gasteiger partial charge in [-0.2, -0.15) is 0 Å². The van der Waals surface area contributed by atoms with Crippen molar-refractivity contribution in [3.05, 3.63) is 58.3 Å². The van der Waals surface area contributed by atoms with Crippen LogP contribution in [-0.4, -0.2) is 84.6 Å². The lowest BCUT2D eigenvalue weighted by Gasteiger charge is -2.40. The van der Waals surface area contributed by atoms with Crippen LogP contribution in [0, 0.1) is 5.92 Å². The van der Waals surface area contributed by atoms with Gasteiger partial charge in [-0.25, -0.2) is 4.79 Å². The van der Waals surface area contributed by atoms with Crippen molar-refractivity contribution in [2.75, 3.05) is 6.61 Å². The molecule has 2 aromatic carbocycles. The molecule has 236 valence electrons. The first-order valence-electron chi connectivity index (χ1n) is 14.0. The van der Waals surface area contributed by atoms with Crippen molar-refractivity contribution in [3.8, 4) is 34.3 Å². The number of ether oxygens (including phenoxy) is 3. The van der Waals surface area contributed by atoms with E-state index in [1.54, 1.807) is 19.9 Å². The van der Waals surface area contributed by atoms with Crippen LogP contribution in [0.3, 0.4) is 0 Å². The van der Waals surface area contributed by atoms with Gasteiger partial charge in [0.1, 0.15) is 59.2 Å². The maximum atomic E-state index is 13.6. The highest BCUT2D eigenvalue weighted by Gasteiger charge is 2.46. The smallest absolute Gasteiger partial charge is 0.333 e. The Balaban J connectivity index is 1.41. The van der Waals surface area contributed by atoms with E-state index in [-0.39, 0.29) is 39.7 Å². The molecule has 5 rings (SSSR count). The normalized spacial score (nSPS) is 25.8. The van der Waals surface area contributed by atoms with Gasteiger partial charge < -0.3 is 54.4 Å². The minimum atomic E-state index is -1.88. The molecular formula is C31H34O13. The highest BCUT2D eigenvalue weighted by atomic mass is 16.7. The van der Waals surface area contributed by atoms with E-state index in [9.17, 15) is 45.3 Å². The number of phenols is 3. The molecule has 0 bridgehead atoms. The van der Waals surface area contributed by atoms with Gasteiger partial charge in [-0.15, -0.1) is 0 Å². The number of benzene rings is 2. The van der Waals surface area contributed by atoms with Gasteiger partial charge in [0.25, 0.3) is 0 Å². The Morgan fingerprint density at radius 3 is 2.34 bits per heavy atom. The van der Waals surface area contributed by atoms with E-state index in [1.165, 1.54) is 24.3 Å². The summed E-state index contributed by atoms with van der Waals surface area (Å²) in [7, 11) is 0. The fraction of sp³-hybridized carbons (Fsp3) is 0.419. The van der Waals surface area contributed by atoms with Gasteiger partial charge in [-0.1, -0.05) is 6.08 Å². The molecule has 2 heterocycles. The summed E-state index contributed by atoms with van der Waals surface area (Å²) in [6.07, 6.45) is -5.48. The van der Waals surface area contributed by atoms with E-state index in [0.717, 1.165) is 12.1 Å². The van der Waals surface area contributed by atoms with Gasteiger partial charge in [0, 0.05) is 23.3 Å². The molecule has 44 heavy (non-hydrogen) atoms. The summed E-state index contributed by atoms with van der Waals surface area (Å²) >= 11 is 0. The first-order valence-corrected chi connectivity index (χ1v) is 14.0. The monoisotopic (exact) mass is 614 g/mol. The van der Waals surface area contributed by atoms with E-state index in [4.69, 9.17) is 18.6 Å². The maximum Gasteiger partial charge on any atom is 0.333 e. The Hall–Kier alpha value is -4.14. The van der Waals surface area contributed by atoms with Crippen molar-refractivity contribution in [1.82, 2.24) is 0 Å². The highest BCUT2D eigenvalue weighted by molar-refractivity contribution is 5.89. The third kappa shape index (κ3) is 6.23. The zero-order chi connectivity index (χ0) is 31.9. The van der Waals surface area contributed by atoms with Gasteiger partial charge in [-0.05, 0) is 63.3 Å². The largest absolute Gasteiger partial charge is 0.508 e. The molecule has 1 aromatic heterocycles. The van der Waals surface area contributed by atoms with Crippen LogP contribution >= 0.6 is 0 Å². The third-order valence-corrected chi connectivity index (χ3v) is 8.00. The summed E-state index contributed by atoms with van der Waals surface area (Å²) in [4.78, 5) is 26.3. The van der Waals surface area contributed by atoms with Crippen LogP contribution < -0.4 is 10.2 Å². The summed E-state index contributed by atoms with van der Waals surface area (Å²) in [6, 6.07) is 7.45. The molecule has 0 unspecified atom stereocenters.